The smallest absolute Gasteiger partial charge is 0.322 e. The number of hydrogen-bond donors (Lipinski definition) is 2. The van der Waals surface area contributed by atoms with Crippen molar-refractivity contribution in [1.82, 2.24) is 5.32 Å². The molecule has 2 N–H and O–H groups in total. The number of allylic oxidation sites excluding steroid dienone is 13. The predicted octanol–water partition coefficient (Wildman–Crippen LogP) is 12.8. The number of ether oxygens (including phenoxy) is 1. The second-order valence-electron chi connectivity index (χ2n) is 13.5. The summed E-state index contributed by atoms with van der Waals surface area (Å²) in [6, 6.07) is 0. The Morgan fingerprint density at radius 3 is 1.46 bits per heavy atom. The second kappa shape index (κ2) is 40.4. The fourth-order valence-corrected chi connectivity index (χ4v) is 5.56. The van der Waals surface area contributed by atoms with Crippen LogP contribution in [0.4, 0.5) is 0 Å². The Morgan fingerprint density at radius 1 is 0.519 bits per heavy atom. The molecule has 0 aromatic carbocycles. The Morgan fingerprint density at radius 2 is 0.942 bits per heavy atom. The van der Waals surface area contributed by atoms with Crippen LogP contribution in [0.2, 0.25) is 0 Å². The van der Waals surface area contributed by atoms with E-state index in [1.807, 2.05) is 6.08 Å². The third-order valence-electron chi connectivity index (χ3n) is 8.55. The van der Waals surface area contributed by atoms with Crippen molar-refractivity contribution in [2.24, 2.45) is 0 Å². The fourth-order valence-electron chi connectivity index (χ4n) is 5.56. The van der Waals surface area contributed by atoms with Crippen molar-refractivity contribution in [3.63, 3.8) is 0 Å². The van der Waals surface area contributed by atoms with Crippen LogP contribution >= 0.6 is 0 Å². The van der Waals surface area contributed by atoms with Crippen molar-refractivity contribution in [2.75, 3.05) is 6.54 Å². The minimum Gasteiger partial charge on any atom is -0.480 e. The lowest BCUT2D eigenvalue weighted by atomic mass is 10.0. The lowest BCUT2D eigenvalue weighted by Crippen LogP contribution is -2.28. The normalized spacial score (nSPS) is 13.0. The molecule has 6 heteroatoms. The van der Waals surface area contributed by atoms with Crippen molar-refractivity contribution in [2.45, 2.75) is 180 Å². The van der Waals surface area contributed by atoms with E-state index in [0.717, 1.165) is 89.9 Å². The monoisotopic (exact) mass is 722 g/mol. The van der Waals surface area contributed by atoms with Crippen molar-refractivity contribution in [3.05, 3.63) is 85.1 Å². The number of carboxylic acids is 1. The molecule has 0 saturated heterocycles. The Labute approximate surface area is 318 Å². The average Bonchev–Trinajstić information content (AvgIpc) is 3.13. The van der Waals surface area contributed by atoms with Crippen molar-refractivity contribution in [3.8, 4) is 0 Å². The number of carbonyl (C=O) groups is 3. The number of esters is 1. The second-order valence-corrected chi connectivity index (χ2v) is 13.5. The van der Waals surface area contributed by atoms with Gasteiger partial charge in [0, 0.05) is 12.8 Å². The maximum absolute atomic E-state index is 12.7. The SMILES string of the molecule is CC/C=C\C/C=C\C/C=C\C/C=C\CCCCCCCCCCCCC(=O)OC(/C=C\C/C=C\C/C=C\CC)CCCCCCC(=O)NCC(=O)O. The summed E-state index contributed by atoms with van der Waals surface area (Å²) in [5.74, 6) is -1.38. The van der Waals surface area contributed by atoms with Crippen LogP contribution in [0.15, 0.2) is 85.1 Å². The van der Waals surface area contributed by atoms with Gasteiger partial charge in [-0.25, -0.2) is 0 Å². The number of carbonyl (C=O) groups excluding carboxylic acids is 2. The average molecular weight is 722 g/mol. The van der Waals surface area contributed by atoms with Gasteiger partial charge in [0.05, 0.1) is 0 Å². The summed E-state index contributed by atoms with van der Waals surface area (Å²) < 4.78 is 5.87. The van der Waals surface area contributed by atoms with Gasteiger partial charge in [0.15, 0.2) is 0 Å². The highest BCUT2D eigenvalue weighted by Crippen LogP contribution is 2.15. The summed E-state index contributed by atoms with van der Waals surface area (Å²) in [5.41, 5.74) is 0. The third kappa shape index (κ3) is 39.4. The summed E-state index contributed by atoms with van der Waals surface area (Å²) in [5, 5.41) is 11.1. The number of aliphatic carboxylic acids is 1. The lowest BCUT2D eigenvalue weighted by Gasteiger charge is -2.14. The molecule has 0 aromatic rings. The minimum absolute atomic E-state index is 0.115. The Hall–Kier alpha value is -3.41. The van der Waals surface area contributed by atoms with E-state index in [1.54, 1.807) is 0 Å². The number of hydrogen-bond acceptors (Lipinski definition) is 4. The third-order valence-corrected chi connectivity index (χ3v) is 8.55. The van der Waals surface area contributed by atoms with Gasteiger partial charge in [0.25, 0.3) is 0 Å². The largest absolute Gasteiger partial charge is 0.480 e. The Bertz CT molecular complexity index is 1060. The maximum Gasteiger partial charge on any atom is 0.322 e. The molecule has 0 aliphatic carbocycles. The number of rotatable bonds is 36. The number of nitrogens with one attached hydrogen (secondary N) is 1. The van der Waals surface area contributed by atoms with Gasteiger partial charge in [-0.3, -0.25) is 14.4 Å². The van der Waals surface area contributed by atoms with Crippen LogP contribution in [0.5, 0.6) is 0 Å². The highest BCUT2D eigenvalue weighted by molar-refractivity contribution is 5.80. The van der Waals surface area contributed by atoms with E-state index < -0.39 is 5.97 Å². The van der Waals surface area contributed by atoms with Crippen LogP contribution in [0, 0.1) is 0 Å². The van der Waals surface area contributed by atoms with Gasteiger partial charge in [-0.05, 0) is 89.5 Å². The zero-order valence-corrected chi connectivity index (χ0v) is 33.1. The molecule has 0 aliphatic rings. The van der Waals surface area contributed by atoms with Crippen LogP contribution in [-0.2, 0) is 19.1 Å². The van der Waals surface area contributed by atoms with Crippen LogP contribution in [0.1, 0.15) is 174 Å². The van der Waals surface area contributed by atoms with E-state index in [1.165, 1.54) is 57.8 Å². The van der Waals surface area contributed by atoms with E-state index in [0.29, 0.717) is 12.8 Å². The van der Waals surface area contributed by atoms with Gasteiger partial charge < -0.3 is 15.2 Å². The predicted molar refractivity (Wildman–Crippen MR) is 221 cm³/mol. The van der Waals surface area contributed by atoms with Gasteiger partial charge in [-0.1, -0.05) is 157 Å². The van der Waals surface area contributed by atoms with E-state index >= 15 is 0 Å². The summed E-state index contributed by atoms with van der Waals surface area (Å²) in [6.07, 6.45) is 55.9. The standard InChI is InChI=1S/C46H75NO5/c1-3-5-7-9-11-13-14-15-16-17-18-19-20-21-22-23-24-25-26-27-29-31-37-41-46(51)52-43(38-34-30-28-12-10-8-6-4-2)39-35-32-33-36-40-44(48)47-42-45(49)50/h5-8,11-13,15-16,18-19,28,34,38,43H,3-4,9-10,14,17,20-27,29-33,35-37,39-42H2,1-2H3,(H,47,48)(H,49,50)/b7-5-,8-6-,13-11-,16-15-,19-18-,28-12-,38-34-. The number of unbranched alkanes of at least 4 members (excludes halogenated alkanes) is 13. The number of carboxylic acid groups (broad SMARTS) is 1. The van der Waals surface area contributed by atoms with E-state index in [2.05, 4.69) is 98.2 Å². The highest BCUT2D eigenvalue weighted by Gasteiger charge is 2.12. The first-order chi connectivity index (χ1) is 25.5. The van der Waals surface area contributed by atoms with Crippen molar-refractivity contribution < 1.29 is 24.2 Å². The first-order valence-electron chi connectivity index (χ1n) is 20.7. The molecule has 0 saturated carbocycles. The summed E-state index contributed by atoms with van der Waals surface area (Å²) in [6.45, 7) is 3.95. The maximum atomic E-state index is 12.7. The zero-order valence-electron chi connectivity index (χ0n) is 33.1. The molecule has 0 radical (unpaired) electrons. The molecular weight excluding hydrogens is 647 g/mol. The molecule has 52 heavy (non-hydrogen) atoms. The molecule has 0 heterocycles. The molecular formula is C46H75NO5. The molecule has 0 fully saturated rings. The molecule has 1 unspecified atom stereocenters. The topological polar surface area (TPSA) is 92.7 Å². The van der Waals surface area contributed by atoms with Crippen LogP contribution in [0.25, 0.3) is 0 Å². The van der Waals surface area contributed by atoms with Gasteiger partial charge in [-0.2, -0.15) is 0 Å². The van der Waals surface area contributed by atoms with Crippen LogP contribution < -0.4 is 5.32 Å². The van der Waals surface area contributed by atoms with E-state index in [9.17, 15) is 14.4 Å². The highest BCUT2D eigenvalue weighted by atomic mass is 16.5. The first-order valence-corrected chi connectivity index (χ1v) is 20.7. The molecule has 6 nitrogen and oxygen atoms in total. The summed E-state index contributed by atoms with van der Waals surface area (Å²) in [7, 11) is 0. The molecule has 0 spiro atoms. The molecule has 0 aromatic heterocycles. The molecule has 1 atom stereocenters. The van der Waals surface area contributed by atoms with Crippen molar-refractivity contribution in [1.29, 1.82) is 0 Å². The van der Waals surface area contributed by atoms with Crippen LogP contribution in [0.3, 0.4) is 0 Å². The quantitative estimate of drug-likeness (QED) is 0.0382. The molecule has 0 rings (SSSR count). The van der Waals surface area contributed by atoms with Gasteiger partial charge in [0.2, 0.25) is 5.91 Å². The van der Waals surface area contributed by atoms with Crippen molar-refractivity contribution >= 4 is 17.8 Å². The fraction of sp³-hybridized carbons (Fsp3) is 0.630. The van der Waals surface area contributed by atoms with Gasteiger partial charge in [-0.15, -0.1) is 0 Å². The molecule has 1 amide bonds. The zero-order chi connectivity index (χ0) is 38.0. The van der Waals surface area contributed by atoms with E-state index in [4.69, 9.17) is 9.84 Å². The Balaban J connectivity index is 4.04. The summed E-state index contributed by atoms with van der Waals surface area (Å²) >= 11 is 0. The molecule has 0 aliphatic heterocycles. The number of amides is 1. The lowest BCUT2D eigenvalue weighted by molar-refractivity contribution is -0.147. The Kier molecular flexibility index (Phi) is 37.7. The van der Waals surface area contributed by atoms with E-state index in [-0.39, 0.29) is 24.5 Å². The summed E-state index contributed by atoms with van der Waals surface area (Å²) in [4.78, 5) is 34.9. The van der Waals surface area contributed by atoms with Crippen LogP contribution in [-0.4, -0.2) is 35.6 Å². The minimum atomic E-state index is -1.04. The first kappa shape index (κ1) is 48.6. The van der Waals surface area contributed by atoms with Gasteiger partial charge in [0.1, 0.15) is 12.6 Å². The van der Waals surface area contributed by atoms with Gasteiger partial charge >= 0.3 is 11.9 Å². The molecule has 294 valence electrons. The molecule has 0 bridgehead atoms.